The van der Waals surface area contributed by atoms with Crippen molar-refractivity contribution in [3.8, 4) is 11.5 Å². The van der Waals surface area contributed by atoms with Crippen molar-refractivity contribution in [2.45, 2.75) is 6.92 Å². The van der Waals surface area contributed by atoms with E-state index in [1.54, 1.807) is 12.1 Å². The lowest BCUT2D eigenvalue weighted by Crippen LogP contribution is -1.98. The Morgan fingerprint density at radius 1 is 0.880 bits per heavy atom. The molecule has 1 N–H and O–H groups in total. The normalized spacial score (nSPS) is 11.2. The maximum Gasteiger partial charge on any atom is 0.127 e. The van der Waals surface area contributed by atoms with Crippen molar-refractivity contribution in [1.82, 2.24) is 0 Å². The second-order valence-electron chi connectivity index (χ2n) is 5.41. The van der Waals surface area contributed by atoms with Crippen molar-refractivity contribution in [3.05, 3.63) is 95.3 Å². The van der Waals surface area contributed by atoms with Crippen LogP contribution in [0.5, 0.6) is 11.5 Å². The van der Waals surface area contributed by atoms with E-state index in [1.807, 2.05) is 61.5 Å². The molecule has 3 rings (SSSR count). The zero-order chi connectivity index (χ0) is 17.6. The highest BCUT2D eigenvalue weighted by Crippen LogP contribution is 2.25. The molecule has 0 bridgehead atoms. The fourth-order valence-corrected chi connectivity index (χ4v) is 2.47. The van der Waals surface area contributed by atoms with Crippen molar-refractivity contribution in [2.75, 3.05) is 5.32 Å². The van der Waals surface area contributed by atoms with Crippen molar-refractivity contribution < 1.29 is 9.13 Å². The molecule has 0 aliphatic carbocycles. The third kappa shape index (κ3) is 4.61. The fraction of sp³-hybridized carbons (Fsp3) is 0.0476. The molecule has 0 saturated carbocycles. The Morgan fingerprint density at radius 2 is 1.44 bits per heavy atom. The average molecular weight is 354 g/mol. The second-order valence-corrected chi connectivity index (χ2v) is 5.85. The lowest BCUT2D eigenvalue weighted by molar-refractivity contribution is 0.480. The number of nitrogens with one attached hydrogen (secondary N) is 1. The van der Waals surface area contributed by atoms with Crippen molar-refractivity contribution in [2.24, 2.45) is 0 Å². The molecule has 126 valence electrons. The van der Waals surface area contributed by atoms with Crippen LogP contribution in [0.1, 0.15) is 12.5 Å². The topological polar surface area (TPSA) is 21.3 Å². The van der Waals surface area contributed by atoms with Gasteiger partial charge in [0.25, 0.3) is 0 Å². The number of anilines is 1. The zero-order valence-electron chi connectivity index (χ0n) is 13.7. The molecule has 4 heteroatoms. The van der Waals surface area contributed by atoms with Gasteiger partial charge in [0.05, 0.1) is 0 Å². The first-order valence-electron chi connectivity index (χ1n) is 7.87. The summed E-state index contributed by atoms with van der Waals surface area (Å²) in [4.78, 5) is 0. The highest BCUT2D eigenvalue weighted by molar-refractivity contribution is 6.30. The first kappa shape index (κ1) is 17.1. The van der Waals surface area contributed by atoms with Gasteiger partial charge in [0.1, 0.15) is 17.3 Å². The molecule has 3 aromatic rings. The van der Waals surface area contributed by atoms with E-state index >= 15 is 0 Å². The standard InChI is InChI=1S/C21H17ClFNO/c1-2-21(15-3-5-16(22)6-4-15)24-18-9-13-20(14-10-18)25-19-11-7-17(23)8-12-19/h2-14,24H,1H3/b21-2+. The molecule has 0 radical (unpaired) electrons. The first-order chi connectivity index (χ1) is 12.1. The molecule has 0 aliphatic rings. The molecule has 0 spiro atoms. The number of hydrogen-bond acceptors (Lipinski definition) is 2. The third-order valence-electron chi connectivity index (χ3n) is 3.63. The number of benzene rings is 3. The van der Waals surface area contributed by atoms with Gasteiger partial charge >= 0.3 is 0 Å². The van der Waals surface area contributed by atoms with Crippen LogP contribution in [0.2, 0.25) is 5.02 Å². The summed E-state index contributed by atoms with van der Waals surface area (Å²) >= 11 is 5.94. The molecule has 0 unspecified atom stereocenters. The number of allylic oxidation sites excluding steroid dienone is 1. The van der Waals surface area contributed by atoms with Gasteiger partial charge in [-0.25, -0.2) is 4.39 Å². The number of halogens is 2. The molecule has 0 aromatic heterocycles. The van der Waals surface area contributed by atoms with E-state index in [0.717, 1.165) is 16.9 Å². The van der Waals surface area contributed by atoms with E-state index in [9.17, 15) is 4.39 Å². The van der Waals surface area contributed by atoms with E-state index in [2.05, 4.69) is 5.32 Å². The second kappa shape index (κ2) is 7.86. The molecule has 0 aliphatic heterocycles. The molecular formula is C21H17ClFNO. The van der Waals surface area contributed by atoms with Gasteiger partial charge in [-0.1, -0.05) is 29.8 Å². The van der Waals surface area contributed by atoms with Crippen LogP contribution in [0.15, 0.2) is 78.9 Å². The van der Waals surface area contributed by atoms with Crippen molar-refractivity contribution in [1.29, 1.82) is 0 Å². The summed E-state index contributed by atoms with van der Waals surface area (Å²) in [5.41, 5.74) is 2.98. The molecule has 2 nitrogen and oxygen atoms in total. The van der Waals surface area contributed by atoms with E-state index in [0.29, 0.717) is 16.5 Å². The van der Waals surface area contributed by atoms with E-state index in [4.69, 9.17) is 16.3 Å². The maximum absolute atomic E-state index is 12.9. The largest absolute Gasteiger partial charge is 0.457 e. The minimum Gasteiger partial charge on any atom is -0.457 e. The number of hydrogen-bond donors (Lipinski definition) is 1. The Balaban J connectivity index is 1.69. The maximum atomic E-state index is 12.9. The van der Waals surface area contributed by atoms with Crippen LogP contribution >= 0.6 is 11.6 Å². The Hall–Kier alpha value is -2.78. The van der Waals surface area contributed by atoms with Crippen LogP contribution in [0.25, 0.3) is 5.70 Å². The molecule has 3 aromatic carbocycles. The Morgan fingerprint density at radius 3 is 2.00 bits per heavy atom. The van der Waals surface area contributed by atoms with Gasteiger partial charge in [-0.15, -0.1) is 0 Å². The highest BCUT2D eigenvalue weighted by atomic mass is 35.5. The van der Waals surface area contributed by atoms with Crippen LogP contribution < -0.4 is 10.1 Å². The minimum atomic E-state index is -0.284. The van der Waals surface area contributed by atoms with Crippen LogP contribution in [0.3, 0.4) is 0 Å². The predicted molar refractivity (Wildman–Crippen MR) is 102 cm³/mol. The highest BCUT2D eigenvalue weighted by Gasteiger charge is 2.03. The number of ether oxygens (including phenoxy) is 1. The van der Waals surface area contributed by atoms with Gasteiger partial charge in [0.15, 0.2) is 0 Å². The van der Waals surface area contributed by atoms with Gasteiger partial charge in [0.2, 0.25) is 0 Å². The van der Waals surface area contributed by atoms with Crippen molar-refractivity contribution >= 4 is 23.0 Å². The summed E-state index contributed by atoms with van der Waals surface area (Å²) in [5, 5.41) is 4.09. The fourth-order valence-electron chi connectivity index (χ4n) is 2.34. The lowest BCUT2D eigenvalue weighted by Gasteiger charge is -2.12. The monoisotopic (exact) mass is 353 g/mol. The Labute approximate surface area is 151 Å². The van der Waals surface area contributed by atoms with Crippen LogP contribution in [0.4, 0.5) is 10.1 Å². The summed E-state index contributed by atoms with van der Waals surface area (Å²) in [7, 11) is 0. The van der Waals surface area contributed by atoms with Gasteiger partial charge in [-0.05, 0) is 73.2 Å². The Bertz CT molecular complexity index is 856. The van der Waals surface area contributed by atoms with Crippen LogP contribution in [-0.4, -0.2) is 0 Å². The Kier molecular flexibility index (Phi) is 5.36. The SMILES string of the molecule is C/C=C(/Nc1ccc(Oc2ccc(F)cc2)cc1)c1ccc(Cl)cc1. The van der Waals surface area contributed by atoms with Crippen LogP contribution in [0, 0.1) is 5.82 Å². The lowest BCUT2D eigenvalue weighted by atomic mass is 10.1. The summed E-state index contributed by atoms with van der Waals surface area (Å²) in [6.07, 6.45) is 2.01. The zero-order valence-corrected chi connectivity index (χ0v) is 14.4. The average Bonchev–Trinajstić information content (AvgIpc) is 2.64. The summed E-state index contributed by atoms with van der Waals surface area (Å²) in [5.74, 6) is 0.996. The molecule has 0 heterocycles. The molecule has 0 atom stereocenters. The summed E-state index contributed by atoms with van der Waals surface area (Å²) in [6, 6.07) is 21.2. The predicted octanol–water partition coefficient (Wildman–Crippen LogP) is 6.74. The number of rotatable bonds is 5. The van der Waals surface area contributed by atoms with E-state index in [1.165, 1.54) is 12.1 Å². The third-order valence-corrected chi connectivity index (χ3v) is 3.88. The van der Waals surface area contributed by atoms with Crippen LogP contribution in [-0.2, 0) is 0 Å². The van der Waals surface area contributed by atoms with E-state index in [-0.39, 0.29) is 5.82 Å². The first-order valence-corrected chi connectivity index (χ1v) is 8.24. The van der Waals surface area contributed by atoms with Gasteiger partial charge < -0.3 is 10.1 Å². The van der Waals surface area contributed by atoms with Gasteiger partial charge in [-0.2, -0.15) is 0 Å². The van der Waals surface area contributed by atoms with Crippen molar-refractivity contribution in [3.63, 3.8) is 0 Å². The molecule has 0 amide bonds. The van der Waals surface area contributed by atoms with Gasteiger partial charge in [-0.3, -0.25) is 0 Å². The summed E-state index contributed by atoms with van der Waals surface area (Å²) in [6.45, 7) is 1.98. The van der Waals surface area contributed by atoms with Gasteiger partial charge in [0, 0.05) is 16.4 Å². The smallest absolute Gasteiger partial charge is 0.127 e. The van der Waals surface area contributed by atoms with E-state index < -0.39 is 0 Å². The molecule has 25 heavy (non-hydrogen) atoms. The quantitative estimate of drug-likeness (QED) is 0.548. The molecule has 0 saturated heterocycles. The molecule has 0 fully saturated rings. The molecular weight excluding hydrogens is 337 g/mol. The summed E-state index contributed by atoms with van der Waals surface area (Å²) < 4.78 is 18.6. The minimum absolute atomic E-state index is 0.284.